The number of pyridine rings is 1. The molecular weight excluding hydrogens is 488 g/mol. The normalized spacial score (nSPS) is 11.5. The molecule has 0 unspecified atom stereocenters. The highest BCUT2D eigenvalue weighted by molar-refractivity contribution is 7.86. The van der Waals surface area contributed by atoms with Gasteiger partial charge in [0.15, 0.2) is 11.4 Å². The second kappa shape index (κ2) is 8.79. The number of aromatic nitrogens is 5. The summed E-state index contributed by atoms with van der Waals surface area (Å²) in [5, 5.41) is 21.2. The van der Waals surface area contributed by atoms with E-state index in [1.807, 2.05) is 12.1 Å². The minimum absolute atomic E-state index is 0.0310. The number of fused-ring (bicyclic) bond motifs is 1. The highest BCUT2D eigenvalue weighted by Gasteiger charge is 2.31. The quantitative estimate of drug-likeness (QED) is 0.159. The van der Waals surface area contributed by atoms with Gasteiger partial charge in [-0.25, -0.2) is 0 Å². The van der Waals surface area contributed by atoms with Gasteiger partial charge in [-0.05, 0) is 34.2 Å². The van der Waals surface area contributed by atoms with Gasteiger partial charge < -0.3 is 4.74 Å². The van der Waals surface area contributed by atoms with E-state index < -0.39 is 15.0 Å². The number of non-ortho nitro benzene ring substituents is 1. The van der Waals surface area contributed by atoms with Gasteiger partial charge in [0.2, 0.25) is 5.69 Å². The van der Waals surface area contributed by atoms with Gasteiger partial charge in [0.05, 0.1) is 28.8 Å². The summed E-state index contributed by atoms with van der Waals surface area (Å²) >= 11 is 0. The lowest BCUT2D eigenvalue weighted by Gasteiger charge is -2.06. The molecule has 0 aliphatic carbocycles. The molecule has 1 N–H and O–H groups in total. The topological polar surface area (TPSA) is 154 Å². The van der Waals surface area contributed by atoms with E-state index in [-0.39, 0.29) is 27.7 Å². The number of nitrogens with zero attached hydrogens (tertiary/aromatic N) is 6. The highest BCUT2D eigenvalue weighted by atomic mass is 32.2. The van der Waals surface area contributed by atoms with Gasteiger partial charge in [-0.1, -0.05) is 30.3 Å². The van der Waals surface area contributed by atoms with Crippen molar-refractivity contribution in [3.63, 3.8) is 0 Å². The molecule has 0 radical (unpaired) electrons. The molecule has 3 aromatic carbocycles. The van der Waals surface area contributed by atoms with Gasteiger partial charge in [-0.2, -0.15) is 8.42 Å². The number of rotatable bonds is 6. The molecule has 0 fully saturated rings. The van der Waals surface area contributed by atoms with Crippen LogP contribution in [0.5, 0.6) is 5.75 Å². The largest absolute Gasteiger partial charge is 0.492 e. The number of ether oxygens (including phenoxy) is 1. The monoisotopic (exact) mass is 505 g/mol. The molecule has 2 aromatic heterocycles. The van der Waals surface area contributed by atoms with E-state index in [9.17, 15) is 23.1 Å². The molecule has 0 aliphatic heterocycles. The Morgan fingerprint density at radius 3 is 2.58 bits per heavy atom. The number of para-hydroxylation sites is 1. The van der Waals surface area contributed by atoms with Crippen LogP contribution in [-0.2, 0) is 10.1 Å². The van der Waals surface area contributed by atoms with Gasteiger partial charge in [-0.3, -0.25) is 19.7 Å². The molecule has 0 amide bonds. The number of benzene rings is 3. The van der Waals surface area contributed by atoms with Crippen LogP contribution in [-0.4, -0.2) is 45.0 Å². The van der Waals surface area contributed by atoms with Crippen LogP contribution in [0.1, 0.15) is 0 Å². The third kappa shape index (κ3) is 4.01. The fraction of sp³-hybridized carbons (Fsp3) is 0.0435. The van der Waals surface area contributed by atoms with E-state index >= 15 is 0 Å². The van der Waals surface area contributed by atoms with Crippen LogP contribution in [0.2, 0.25) is 0 Å². The molecule has 2 heterocycles. The molecule has 0 saturated heterocycles. The molecule has 0 spiro atoms. The predicted molar refractivity (Wildman–Crippen MR) is 127 cm³/mol. The fourth-order valence-electron chi connectivity index (χ4n) is 3.77. The Bertz CT molecular complexity index is 1750. The maximum absolute atomic E-state index is 12.0. The van der Waals surface area contributed by atoms with Crippen LogP contribution >= 0.6 is 0 Å². The van der Waals surface area contributed by atoms with Crippen molar-refractivity contribution in [2.75, 3.05) is 7.11 Å². The SMILES string of the molecule is COc1cc([N+](=O)[O-])ccc1-[n+]1nc(-c2ccccc2S(=O)(=O)O)nn1-c1cccc2cccnc12. The average molecular weight is 505 g/mol. The minimum atomic E-state index is -4.59. The summed E-state index contributed by atoms with van der Waals surface area (Å²) in [5.41, 5.74) is 1.23. The maximum atomic E-state index is 12.0. The van der Waals surface area contributed by atoms with Crippen LogP contribution in [0, 0.1) is 10.1 Å². The molecule has 180 valence electrons. The van der Waals surface area contributed by atoms with Crippen molar-refractivity contribution in [2.24, 2.45) is 0 Å². The second-order valence-electron chi connectivity index (χ2n) is 7.54. The van der Waals surface area contributed by atoms with Crippen molar-refractivity contribution in [2.45, 2.75) is 4.90 Å². The Hall–Kier alpha value is -4.75. The van der Waals surface area contributed by atoms with E-state index in [2.05, 4.69) is 15.2 Å². The van der Waals surface area contributed by atoms with Crippen LogP contribution in [0.4, 0.5) is 5.69 Å². The zero-order valence-corrected chi connectivity index (χ0v) is 19.4. The molecule has 0 bridgehead atoms. The van der Waals surface area contributed by atoms with Gasteiger partial charge in [0.25, 0.3) is 15.8 Å². The Balaban J connectivity index is 1.84. The number of nitro benzene ring substituents is 1. The minimum Gasteiger partial charge on any atom is -0.492 e. The summed E-state index contributed by atoms with van der Waals surface area (Å²) in [5.74, 6) is 0.0993. The Labute approximate surface area is 203 Å². The van der Waals surface area contributed by atoms with Crippen LogP contribution in [0.25, 0.3) is 33.7 Å². The standard InChI is InChI=1S/C23H16N6O6S/c1-35-20-14-16(29(30)31)11-12-18(20)27-25-23(17-8-2-3-10-21(17)36(32,33)34)26-28(27)19-9-4-6-15-7-5-13-24-22(15)19/h2-14H,1H3/p+1. The van der Waals surface area contributed by atoms with E-state index in [1.54, 1.807) is 30.5 Å². The van der Waals surface area contributed by atoms with Crippen LogP contribution in [0.15, 0.2) is 83.9 Å². The van der Waals surface area contributed by atoms with Crippen molar-refractivity contribution in [3.8, 4) is 28.5 Å². The molecule has 5 aromatic rings. The fourth-order valence-corrected chi connectivity index (χ4v) is 4.46. The van der Waals surface area contributed by atoms with Crippen molar-refractivity contribution in [1.29, 1.82) is 0 Å². The second-order valence-corrected chi connectivity index (χ2v) is 8.93. The smallest absolute Gasteiger partial charge is 0.341 e. The first-order chi connectivity index (χ1) is 17.3. The molecule has 13 heteroatoms. The Morgan fingerprint density at radius 1 is 1.06 bits per heavy atom. The summed E-state index contributed by atoms with van der Waals surface area (Å²) < 4.78 is 39.2. The van der Waals surface area contributed by atoms with Gasteiger partial charge >= 0.3 is 5.82 Å². The summed E-state index contributed by atoms with van der Waals surface area (Å²) in [4.78, 5) is 17.5. The molecule has 0 atom stereocenters. The van der Waals surface area contributed by atoms with Crippen molar-refractivity contribution in [1.82, 2.24) is 20.0 Å². The van der Waals surface area contributed by atoms with Crippen LogP contribution in [0.3, 0.4) is 0 Å². The first-order valence-corrected chi connectivity index (χ1v) is 11.9. The number of tetrazole rings is 1. The lowest BCUT2D eigenvalue weighted by molar-refractivity contribution is -0.734. The number of hydrogen-bond acceptors (Lipinski definition) is 8. The average Bonchev–Trinajstić information content (AvgIpc) is 3.32. The molecule has 0 saturated carbocycles. The first kappa shape index (κ1) is 23.0. The molecule has 36 heavy (non-hydrogen) atoms. The van der Waals surface area contributed by atoms with E-state index in [0.29, 0.717) is 16.9 Å². The summed E-state index contributed by atoms with van der Waals surface area (Å²) in [6.45, 7) is 0. The lowest BCUT2D eigenvalue weighted by Crippen LogP contribution is -2.43. The number of hydrogen-bond donors (Lipinski definition) is 1. The third-order valence-corrected chi connectivity index (χ3v) is 6.29. The van der Waals surface area contributed by atoms with E-state index in [0.717, 1.165) is 5.39 Å². The Morgan fingerprint density at radius 2 is 1.83 bits per heavy atom. The van der Waals surface area contributed by atoms with Crippen molar-refractivity contribution < 1.29 is 27.4 Å². The van der Waals surface area contributed by atoms with Crippen molar-refractivity contribution in [3.05, 3.63) is 89.1 Å². The maximum Gasteiger partial charge on any atom is 0.341 e. The molecule has 0 aliphatic rings. The number of methoxy groups -OCH3 is 1. The van der Waals surface area contributed by atoms with E-state index in [4.69, 9.17) is 4.74 Å². The lowest BCUT2D eigenvalue weighted by atomic mass is 10.2. The Kier molecular flexibility index (Phi) is 5.62. The van der Waals surface area contributed by atoms with Gasteiger partial charge in [0, 0.05) is 28.5 Å². The molecule has 5 rings (SSSR count). The molecular formula is C23H17N6O6S+. The highest BCUT2D eigenvalue weighted by Crippen LogP contribution is 2.28. The molecule has 12 nitrogen and oxygen atoms in total. The van der Waals surface area contributed by atoms with E-state index in [1.165, 1.54) is 53.1 Å². The third-order valence-electron chi connectivity index (χ3n) is 5.38. The zero-order valence-electron chi connectivity index (χ0n) is 18.6. The van der Waals surface area contributed by atoms with Gasteiger partial charge in [-0.15, -0.1) is 0 Å². The zero-order chi connectivity index (χ0) is 25.4. The first-order valence-electron chi connectivity index (χ1n) is 10.4. The predicted octanol–water partition coefficient (Wildman–Crippen LogP) is 2.92. The summed E-state index contributed by atoms with van der Waals surface area (Å²) in [7, 11) is -3.23. The van der Waals surface area contributed by atoms with Gasteiger partial charge in [0.1, 0.15) is 10.4 Å². The van der Waals surface area contributed by atoms with Crippen molar-refractivity contribution >= 4 is 26.7 Å². The summed E-state index contributed by atoms with van der Waals surface area (Å²) in [6.07, 6.45) is 1.62. The number of nitro groups is 1. The van der Waals surface area contributed by atoms with Crippen LogP contribution < -0.4 is 9.53 Å². The summed E-state index contributed by atoms with van der Waals surface area (Å²) in [6, 6.07) is 18.8.